The van der Waals surface area contributed by atoms with Crippen molar-refractivity contribution in [3.05, 3.63) is 53.1 Å². The lowest BCUT2D eigenvalue weighted by Crippen LogP contribution is -2.36. The molecule has 0 aliphatic rings. The third-order valence-corrected chi connectivity index (χ3v) is 4.40. The van der Waals surface area contributed by atoms with Gasteiger partial charge in [-0.1, -0.05) is 30.7 Å². The molecule has 0 heterocycles. The first-order valence-corrected chi connectivity index (χ1v) is 9.43. The van der Waals surface area contributed by atoms with Crippen LogP contribution in [0.4, 0.5) is 0 Å². The minimum absolute atomic E-state index is 0.219. The molecule has 5 nitrogen and oxygen atoms in total. The van der Waals surface area contributed by atoms with E-state index in [2.05, 4.69) is 11.8 Å². The summed E-state index contributed by atoms with van der Waals surface area (Å²) >= 11 is 5.87. The Balaban J connectivity index is 1.97. The van der Waals surface area contributed by atoms with Gasteiger partial charge < -0.3 is 19.3 Å². The Bertz CT molecular complexity index is 693. The van der Waals surface area contributed by atoms with Crippen LogP contribution in [0.3, 0.4) is 0 Å². The van der Waals surface area contributed by atoms with Crippen molar-refractivity contribution in [2.24, 2.45) is 0 Å². The zero-order valence-electron chi connectivity index (χ0n) is 16.2. The molecule has 0 radical (unpaired) electrons. The van der Waals surface area contributed by atoms with Gasteiger partial charge in [0.2, 0.25) is 0 Å². The summed E-state index contributed by atoms with van der Waals surface area (Å²) in [6, 6.07) is 13.0. The number of methoxy groups -OCH3 is 2. The van der Waals surface area contributed by atoms with Crippen LogP contribution in [-0.4, -0.2) is 50.0 Å². The molecule has 0 bridgehead atoms. The third-order valence-electron chi connectivity index (χ3n) is 4.14. The Morgan fingerprint density at radius 3 is 2.44 bits per heavy atom. The number of para-hydroxylation sites is 1. The normalized spacial score (nSPS) is 12.1. The molecule has 0 amide bonds. The molecule has 2 aromatic carbocycles. The molecular weight excluding hydrogens is 366 g/mol. The van der Waals surface area contributed by atoms with Gasteiger partial charge in [0.15, 0.2) is 11.5 Å². The predicted molar refractivity (Wildman–Crippen MR) is 108 cm³/mol. The summed E-state index contributed by atoms with van der Waals surface area (Å²) in [6.45, 7) is 4.36. The SMILES string of the molecule is CCCN(Cc1cccc(OC)c1OC)CC(O)COc1ccc(Cl)cc1. The largest absolute Gasteiger partial charge is 0.493 e. The van der Waals surface area contributed by atoms with Gasteiger partial charge in [-0.05, 0) is 43.3 Å². The van der Waals surface area contributed by atoms with Crippen molar-refractivity contribution >= 4 is 11.6 Å². The van der Waals surface area contributed by atoms with Crippen LogP contribution in [0.25, 0.3) is 0 Å². The lowest BCUT2D eigenvalue weighted by Gasteiger charge is -2.26. The van der Waals surface area contributed by atoms with Crippen molar-refractivity contribution < 1.29 is 19.3 Å². The topological polar surface area (TPSA) is 51.2 Å². The first-order chi connectivity index (χ1) is 13.1. The standard InChI is InChI=1S/C21H28ClNO4/c1-4-12-23(13-16-6-5-7-20(25-2)21(16)26-3)14-18(24)15-27-19-10-8-17(22)9-11-19/h5-11,18,24H,4,12-15H2,1-3H3. The molecule has 0 aromatic heterocycles. The van der Waals surface area contributed by atoms with Crippen molar-refractivity contribution in [3.63, 3.8) is 0 Å². The van der Waals surface area contributed by atoms with Crippen molar-refractivity contribution in [1.29, 1.82) is 0 Å². The van der Waals surface area contributed by atoms with Crippen molar-refractivity contribution in [3.8, 4) is 17.2 Å². The second-order valence-electron chi connectivity index (χ2n) is 6.31. The minimum Gasteiger partial charge on any atom is -0.493 e. The van der Waals surface area contributed by atoms with E-state index in [4.69, 9.17) is 25.8 Å². The highest BCUT2D eigenvalue weighted by Crippen LogP contribution is 2.31. The van der Waals surface area contributed by atoms with Crippen LogP contribution >= 0.6 is 11.6 Å². The van der Waals surface area contributed by atoms with E-state index in [1.807, 2.05) is 18.2 Å². The number of rotatable bonds is 11. The van der Waals surface area contributed by atoms with E-state index in [0.717, 1.165) is 24.3 Å². The maximum absolute atomic E-state index is 10.4. The van der Waals surface area contributed by atoms with Crippen LogP contribution in [0.2, 0.25) is 5.02 Å². The third kappa shape index (κ3) is 6.61. The Hall–Kier alpha value is -1.95. The molecule has 0 spiro atoms. The molecule has 0 aliphatic carbocycles. The van der Waals surface area contributed by atoms with E-state index < -0.39 is 6.10 Å². The van der Waals surface area contributed by atoms with E-state index in [1.165, 1.54) is 0 Å². The van der Waals surface area contributed by atoms with Gasteiger partial charge in [0.05, 0.1) is 14.2 Å². The van der Waals surface area contributed by atoms with Gasteiger partial charge in [-0.2, -0.15) is 0 Å². The molecule has 6 heteroatoms. The van der Waals surface area contributed by atoms with Gasteiger partial charge in [-0.3, -0.25) is 4.90 Å². The molecule has 148 valence electrons. The molecule has 2 rings (SSSR count). The summed E-state index contributed by atoms with van der Waals surface area (Å²) in [5, 5.41) is 11.1. The predicted octanol–water partition coefficient (Wildman–Crippen LogP) is 4.01. The molecule has 0 aliphatic heterocycles. The molecule has 2 aromatic rings. The van der Waals surface area contributed by atoms with Crippen LogP contribution < -0.4 is 14.2 Å². The highest BCUT2D eigenvalue weighted by Gasteiger charge is 2.16. The molecule has 0 saturated carbocycles. The van der Waals surface area contributed by atoms with Crippen LogP contribution in [0.15, 0.2) is 42.5 Å². The number of hydrogen-bond donors (Lipinski definition) is 1. The summed E-state index contributed by atoms with van der Waals surface area (Å²) in [5.74, 6) is 2.13. The highest BCUT2D eigenvalue weighted by molar-refractivity contribution is 6.30. The summed E-state index contributed by atoms with van der Waals surface area (Å²) in [7, 11) is 3.27. The highest BCUT2D eigenvalue weighted by atomic mass is 35.5. The molecule has 1 unspecified atom stereocenters. The number of halogens is 1. The average molecular weight is 394 g/mol. The van der Waals surface area contributed by atoms with Gasteiger partial charge in [-0.25, -0.2) is 0 Å². The fraction of sp³-hybridized carbons (Fsp3) is 0.429. The van der Waals surface area contributed by atoms with Crippen molar-refractivity contribution in [2.75, 3.05) is 33.9 Å². The number of nitrogens with zero attached hydrogens (tertiary/aromatic N) is 1. The Labute approximate surface area is 166 Å². The molecule has 0 saturated heterocycles. The summed E-state index contributed by atoms with van der Waals surface area (Å²) in [4.78, 5) is 2.19. The van der Waals surface area contributed by atoms with Crippen LogP contribution in [0.5, 0.6) is 17.2 Å². The Morgan fingerprint density at radius 2 is 1.81 bits per heavy atom. The van der Waals surface area contributed by atoms with E-state index in [0.29, 0.717) is 29.6 Å². The number of aliphatic hydroxyl groups is 1. The fourth-order valence-corrected chi connectivity index (χ4v) is 3.07. The Morgan fingerprint density at radius 1 is 1.07 bits per heavy atom. The fourth-order valence-electron chi connectivity index (χ4n) is 2.94. The maximum Gasteiger partial charge on any atom is 0.165 e. The summed E-state index contributed by atoms with van der Waals surface area (Å²) < 4.78 is 16.5. The first kappa shape index (κ1) is 21.4. The monoisotopic (exact) mass is 393 g/mol. The maximum atomic E-state index is 10.4. The van der Waals surface area contributed by atoms with Crippen LogP contribution in [0.1, 0.15) is 18.9 Å². The molecule has 1 N–H and O–H groups in total. The van der Waals surface area contributed by atoms with Crippen molar-refractivity contribution in [1.82, 2.24) is 4.90 Å². The van der Waals surface area contributed by atoms with Gasteiger partial charge in [-0.15, -0.1) is 0 Å². The van der Waals surface area contributed by atoms with E-state index >= 15 is 0 Å². The first-order valence-electron chi connectivity index (χ1n) is 9.06. The summed E-state index contributed by atoms with van der Waals surface area (Å²) in [5.41, 5.74) is 1.02. The average Bonchev–Trinajstić information content (AvgIpc) is 2.67. The zero-order chi connectivity index (χ0) is 19.6. The second-order valence-corrected chi connectivity index (χ2v) is 6.74. The Kier molecular flexibility index (Phi) is 8.72. The number of benzene rings is 2. The van der Waals surface area contributed by atoms with E-state index in [-0.39, 0.29) is 6.61 Å². The minimum atomic E-state index is -0.608. The second kappa shape index (κ2) is 11.0. The van der Waals surface area contributed by atoms with E-state index in [9.17, 15) is 5.11 Å². The van der Waals surface area contributed by atoms with Gasteiger partial charge in [0, 0.05) is 23.7 Å². The lowest BCUT2D eigenvalue weighted by atomic mass is 10.1. The van der Waals surface area contributed by atoms with Gasteiger partial charge in [0.25, 0.3) is 0 Å². The van der Waals surface area contributed by atoms with Gasteiger partial charge in [0.1, 0.15) is 18.5 Å². The molecule has 0 fully saturated rings. The lowest BCUT2D eigenvalue weighted by molar-refractivity contribution is 0.0653. The van der Waals surface area contributed by atoms with E-state index in [1.54, 1.807) is 38.5 Å². The quantitative estimate of drug-likeness (QED) is 0.625. The number of ether oxygens (including phenoxy) is 3. The van der Waals surface area contributed by atoms with Gasteiger partial charge >= 0.3 is 0 Å². The number of aliphatic hydroxyl groups excluding tert-OH is 1. The smallest absolute Gasteiger partial charge is 0.165 e. The zero-order valence-corrected chi connectivity index (χ0v) is 16.9. The van der Waals surface area contributed by atoms with Crippen LogP contribution in [0, 0.1) is 0 Å². The summed E-state index contributed by atoms with van der Waals surface area (Å²) in [6.07, 6.45) is 0.376. The van der Waals surface area contributed by atoms with Crippen molar-refractivity contribution in [2.45, 2.75) is 26.0 Å². The van der Waals surface area contributed by atoms with Crippen LogP contribution in [-0.2, 0) is 6.54 Å². The molecular formula is C21H28ClNO4. The molecule has 1 atom stereocenters. The number of hydrogen-bond acceptors (Lipinski definition) is 5. The molecule has 27 heavy (non-hydrogen) atoms.